The van der Waals surface area contributed by atoms with Crippen LogP contribution in [0, 0.1) is 0 Å². The minimum atomic E-state index is -3.90. The van der Waals surface area contributed by atoms with Gasteiger partial charge in [-0.3, -0.25) is 3.07 Å². The van der Waals surface area contributed by atoms with Gasteiger partial charge in [0.1, 0.15) is 10.6 Å². The molecular formula is C19H15IO4S. The summed E-state index contributed by atoms with van der Waals surface area (Å²) in [5.41, 5.74) is 1.79. The van der Waals surface area contributed by atoms with Crippen LogP contribution < -0.4 is 4.18 Å². The fourth-order valence-electron chi connectivity index (χ4n) is 2.37. The normalized spacial score (nSPS) is 12.5. The zero-order chi connectivity index (χ0) is 17.7. The first-order valence-electron chi connectivity index (χ1n) is 7.50. The van der Waals surface area contributed by atoms with E-state index in [4.69, 9.17) is 4.18 Å². The molecule has 0 bridgehead atoms. The highest BCUT2D eigenvalue weighted by Gasteiger charge is 2.19. The van der Waals surface area contributed by atoms with Crippen molar-refractivity contribution in [1.29, 1.82) is 0 Å². The molecule has 1 unspecified atom stereocenters. The molecule has 0 fully saturated rings. The first kappa shape index (κ1) is 17.8. The average molecular weight is 466 g/mol. The number of rotatable bonds is 6. The largest absolute Gasteiger partial charge is 0.379 e. The van der Waals surface area contributed by atoms with Crippen molar-refractivity contribution in [3.05, 3.63) is 96.1 Å². The molecule has 3 rings (SSSR count). The van der Waals surface area contributed by atoms with Gasteiger partial charge in [0.25, 0.3) is 0 Å². The maximum absolute atomic E-state index is 12.3. The van der Waals surface area contributed by atoms with Gasteiger partial charge < -0.3 is 4.18 Å². The van der Waals surface area contributed by atoms with Gasteiger partial charge in [-0.2, -0.15) is 8.42 Å². The van der Waals surface area contributed by atoms with Crippen LogP contribution in [0.4, 0.5) is 0 Å². The van der Waals surface area contributed by atoms with Crippen molar-refractivity contribution in [2.45, 2.75) is 8.82 Å². The number of para-hydroxylation sites is 1. The van der Waals surface area contributed by atoms with Crippen molar-refractivity contribution in [2.24, 2.45) is 0 Å². The van der Waals surface area contributed by atoms with E-state index in [-0.39, 0.29) is 14.6 Å². The molecule has 0 aromatic heterocycles. The molecular weight excluding hydrogens is 451 g/mol. The van der Waals surface area contributed by atoms with Crippen molar-refractivity contribution in [3.63, 3.8) is 0 Å². The van der Waals surface area contributed by atoms with Crippen molar-refractivity contribution in [2.75, 3.05) is 0 Å². The molecule has 0 radical (unpaired) electrons. The lowest BCUT2D eigenvalue weighted by atomic mass is 10.1. The maximum Gasteiger partial charge on any atom is 0.339 e. The highest BCUT2D eigenvalue weighted by atomic mass is 127. The van der Waals surface area contributed by atoms with Crippen LogP contribution in [0.5, 0.6) is 5.75 Å². The highest BCUT2D eigenvalue weighted by molar-refractivity contribution is 14.1. The molecule has 0 amide bonds. The number of alkyl halides is 1. The van der Waals surface area contributed by atoms with Gasteiger partial charge in [-0.15, -0.1) is 0 Å². The Balaban J connectivity index is 1.85. The topological polar surface area (TPSA) is 60.4 Å². The summed E-state index contributed by atoms with van der Waals surface area (Å²) in [6, 6.07) is 24.3. The first-order valence-corrected chi connectivity index (χ1v) is 11.0. The van der Waals surface area contributed by atoms with E-state index in [0.717, 1.165) is 11.1 Å². The van der Waals surface area contributed by atoms with Gasteiger partial charge in [-0.25, -0.2) is 0 Å². The molecule has 4 nitrogen and oxygen atoms in total. The molecule has 0 spiro atoms. The Morgan fingerprint density at radius 3 is 1.80 bits per heavy atom. The molecule has 0 saturated carbocycles. The summed E-state index contributed by atoms with van der Waals surface area (Å²) < 4.78 is 41.3. The summed E-state index contributed by atoms with van der Waals surface area (Å²) in [5, 5.41) is 0. The number of hydrogen-bond acceptors (Lipinski definition) is 4. The molecule has 0 saturated heterocycles. The monoisotopic (exact) mass is 466 g/mol. The fourth-order valence-corrected chi connectivity index (χ4v) is 4.72. The molecule has 25 heavy (non-hydrogen) atoms. The molecule has 1 atom stereocenters. The van der Waals surface area contributed by atoms with Crippen molar-refractivity contribution >= 4 is 31.3 Å². The smallest absolute Gasteiger partial charge is 0.339 e. The third kappa shape index (κ3) is 4.32. The van der Waals surface area contributed by atoms with E-state index in [1.54, 1.807) is 42.5 Å². The van der Waals surface area contributed by atoms with Crippen molar-refractivity contribution < 1.29 is 15.7 Å². The van der Waals surface area contributed by atoms with E-state index in [0.29, 0.717) is 0 Å². The van der Waals surface area contributed by atoms with Gasteiger partial charge >= 0.3 is 10.1 Å². The first-order chi connectivity index (χ1) is 12.1. The Morgan fingerprint density at radius 2 is 1.24 bits per heavy atom. The quantitative estimate of drug-likeness (QED) is 0.296. The fraction of sp³-hybridized carbons (Fsp3) is 0.0526. The Kier molecular flexibility index (Phi) is 5.60. The summed E-state index contributed by atoms with van der Waals surface area (Å²) in [4.78, 5) is 0.0658. The summed E-state index contributed by atoms with van der Waals surface area (Å²) in [6.45, 7) is 0. The summed E-state index contributed by atoms with van der Waals surface area (Å²) in [5.74, 6) is 0.263. The highest BCUT2D eigenvalue weighted by Crippen LogP contribution is 2.35. The standard InChI is InChI=1S/C19H15IO4S/c21-20-19(15-7-3-1-4-8-15)16-11-13-18(14-12-16)25(22,23)24-17-9-5-2-6-10-17/h1-14,19H. The minimum absolute atomic E-state index is 0.0658. The molecule has 3 aromatic carbocycles. The number of benzene rings is 3. The van der Waals surface area contributed by atoms with Crippen LogP contribution in [-0.4, -0.2) is 8.42 Å². The van der Waals surface area contributed by atoms with Crippen LogP contribution in [0.15, 0.2) is 89.8 Å². The van der Waals surface area contributed by atoms with E-state index in [2.05, 4.69) is 0 Å². The van der Waals surface area contributed by atoms with Crippen LogP contribution in [0.3, 0.4) is 0 Å². The second-order valence-electron chi connectivity index (χ2n) is 5.28. The Morgan fingerprint density at radius 1 is 0.720 bits per heavy atom. The van der Waals surface area contributed by atoms with E-state index in [1.807, 2.05) is 30.3 Å². The van der Waals surface area contributed by atoms with Gasteiger partial charge in [-0.05, 0) is 35.4 Å². The van der Waals surface area contributed by atoms with Crippen LogP contribution >= 0.6 is 21.2 Å². The Bertz CT molecular complexity index is 940. The minimum Gasteiger partial charge on any atom is -0.379 e. The molecule has 0 heterocycles. The van der Waals surface area contributed by atoms with Gasteiger partial charge in [-0.1, -0.05) is 60.7 Å². The van der Waals surface area contributed by atoms with Gasteiger partial charge in [0.05, 0.1) is 3.92 Å². The zero-order valence-corrected chi connectivity index (χ0v) is 16.1. The number of halogens is 1. The Labute approximate surface area is 157 Å². The summed E-state index contributed by atoms with van der Waals surface area (Å²) >= 11 is -1.33. The van der Waals surface area contributed by atoms with E-state index >= 15 is 0 Å². The zero-order valence-electron chi connectivity index (χ0n) is 13.1. The molecule has 0 aliphatic rings. The molecule has 3 aromatic rings. The lowest BCUT2D eigenvalue weighted by Gasteiger charge is -2.11. The van der Waals surface area contributed by atoms with Gasteiger partial charge in [0.15, 0.2) is 21.2 Å². The number of hydrogen-bond donors (Lipinski definition) is 0. The van der Waals surface area contributed by atoms with Crippen LogP contribution in [0.25, 0.3) is 0 Å². The summed E-state index contributed by atoms with van der Waals surface area (Å²) in [6.07, 6.45) is 0. The van der Waals surface area contributed by atoms with Gasteiger partial charge in [0, 0.05) is 0 Å². The molecule has 0 aliphatic heterocycles. The summed E-state index contributed by atoms with van der Waals surface area (Å²) in [7, 11) is -3.90. The second-order valence-corrected chi connectivity index (χ2v) is 8.58. The van der Waals surface area contributed by atoms with Crippen molar-refractivity contribution in [3.8, 4) is 5.75 Å². The lowest BCUT2D eigenvalue weighted by Crippen LogP contribution is -2.09. The Hall–Kier alpha value is -2.06. The van der Waals surface area contributed by atoms with Crippen LogP contribution in [0.2, 0.25) is 0 Å². The molecule has 0 N–H and O–H groups in total. The SMILES string of the molecule is O=IC(c1ccccc1)c1ccc(S(=O)(=O)Oc2ccccc2)cc1. The average Bonchev–Trinajstić information content (AvgIpc) is 2.64. The lowest BCUT2D eigenvalue weighted by molar-refractivity contribution is 0.486. The van der Waals surface area contributed by atoms with E-state index in [9.17, 15) is 11.5 Å². The van der Waals surface area contributed by atoms with Gasteiger partial charge in [0.2, 0.25) is 0 Å². The third-order valence-corrected chi connectivity index (χ3v) is 6.80. The predicted octanol–water partition coefficient (Wildman–Crippen LogP) is 4.86. The van der Waals surface area contributed by atoms with E-state index < -0.39 is 31.3 Å². The third-order valence-electron chi connectivity index (χ3n) is 3.59. The van der Waals surface area contributed by atoms with E-state index in [1.165, 1.54) is 12.1 Å². The van der Waals surface area contributed by atoms with Crippen LogP contribution in [0.1, 0.15) is 15.1 Å². The second kappa shape index (κ2) is 7.88. The maximum atomic E-state index is 12.3. The predicted molar refractivity (Wildman–Crippen MR) is 104 cm³/mol. The molecule has 6 heteroatoms. The molecule has 128 valence electrons. The van der Waals surface area contributed by atoms with Crippen LogP contribution in [-0.2, 0) is 13.2 Å². The van der Waals surface area contributed by atoms with Crippen molar-refractivity contribution in [1.82, 2.24) is 0 Å². The molecule has 0 aliphatic carbocycles.